The van der Waals surface area contributed by atoms with Crippen LogP contribution in [0.4, 0.5) is 5.69 Å². The van der Waals surface area contributed by atoms with E-state index in [1.165, 1.54) is 7.11 Å². The Morgan fingerprint density at radius 2 is 1.86 bits per heavy atom. The molecule has 2 amide bonds. The first-order chi connectivity index (χ1) is 17.0. The van der Waals surface area contributed by atoms with Crippen LogP contribution >= 0.6 is 0 Å². The second-order valence-electron chi connectivity index (χ2n) is 8.38. The number of carbonyl (C=O) groups is 3. The van der Waals surface area contributed by atoms with Gasteiger partial charge in [0.2, 0.25) is 0 Å². The average molecular weight is 473 g/mol. The summed E-state index contributed by atoms with van der Waals surface area (Å²) in [6.45, 7) is 0.776. The van der Waals surface area contributed by atoms with Crippen molar-refractivity contribution in [3.05, 3.63) is 83.7 Å². The molecule has 1 aliphatic rings. The lowest BCUT2D eigenvalue weighted by Gasteiger charge is -2.33. The summed E-state index contributed by atoms with van der Waals surface area (Å²) < 4.78 is 4.92. The number of benzene rings is 2. The summed E-state index contributed by atoms with van der Waals surface area (Å²) >= 11 is 0. The molecule has 1 aliphatic heterocycles. The van der Waals surface area contributed by atoms with E-state index in [0.29, 0.717) is 29.8 Å². The van der Waals surface area contributed by atoms with Crippen molar-refractivity contribution in [1.82, 2.24) is 9.88 Å². The molecule has 1 fully saturated rings. The van der Waals surface area contributed by atoms with Crippen molar-refractivity contribution in [2.45, 2.75) is 31.8 Å². The van der Waals surface area contributed by atoms with Crippen molar-refractivity contribution in [2.75, 3.05) is 19.0 Å². The summed E-state index contributed by atoms with van der Waals surface area (Å²) in [6, 6.07) is 15.4. The Hall–Kier alpha value is -4.04. The highest BCUT2D eigenvalue weighted by atomic mass is 16.5. The molecule has 0 radical (unpaired) electrons. The highest BCUT2D eigenvalue weighted by Crippen LogP contribution is 2.28. The number of aromatic nitrogens is 1. The van der Waals surface area contributed by atoms with E-state index in [-0.39, 0.29) is 18.4 Å². The first kappa shape index (κ1) is 24.1. The highest BCUT2D eigenvalue weighted by molar-refractivity contribution is 6.05. The molecule has 4 rings (SSSR count). The van der Waals surface area contributed by atoms with Crippen molar-refractivity contribution in [2.24, 2.45) is 5.73 Å². The number of nitrogens with zero attached hydrogens (tertiary/aromatic N) is 2. The summed E-state index contributed by atoms with van der Waals surface area (Å²) in [5.74, 6) is -0.877. The number of hydrogen-bond acceptors (Lipinski definition) is 6. The van der Waals surface area contributed by atoms with Gasteiger partial charge in [0.25, 0.3) is 11.8 Å². The summed E-state index contributed by atoms with van der Waals surface area (Å²) in [7, 11) is 1.34. The van der Waals surface area contributed by atoms with Crippen LogP contribution in [-0.2, 0) is 16.1 Å². The van der Waals surface area contributed by atoms with E-state index < -0.39 is 12.0 Å². The van der Waals surface area contributed by atoms with Crippen LogP contribution in [0.1, 0.15) is 45.5 Å². The van der Waals surface area contributed by atoms with Crippen molar-refractivity contribution >= 4 is 23.5 Å². The number of nitrogens with two attached hydrogens (primary N) is 1. The number of nitrogens with one attached hydrogen (secondary N) is 1. The van der Waals surface area contributed by atoms with Crippen LogP contribution in [0.25, 0.3) is 11.1 Å². The number of esters is 1. The van der Waals surface area contributed by atoms with Gasteiger partial charge in [-0.2, -0.15) is 0 Å². The number of rotatable bonds is 6. The fourth-order valence-corrected chi connectivity index (χ4v) is 4.34. The lowest BCUT2D eigenvalue weighted by molar-refractivity contribution is -0.147. The van der Waals surface area contributed by atoms with Crippen molar-refractivity contribution < 1.29 is 19.1 Å². The maximum absolute atomic E-state index is 13.4. The van der Waals surface area contributed by atoms with Gasteiger partial charge in [-0.1, -0.05) is 18.2 Å². The average Bonchev–Trinajstić information content (AvgIpc) is 2.92. The molecule has 35 heavy (non-hydrogen) atoms. The topological polar surface area (TPSA) is 115 Å². The van der Waals surface area contributed by atoms with Gasteiger partial charge >= 0.3 is 5.97 Å². The van der Waals surface area contributed by atoms with Crippen LogP contribution in [0.3, 0.4) is 0 Å². The van der Waals surface area contributed by atoms with Crippen LogP contribution in [0.2, 0.25) is 0 Å². The normalized spacial score (nSPS) is 15.4. The zero-order chi connectivity index (χ0) is 24.8. The van der Waals surface area contributed by atoms with Crippen LogP contribution in [0.5, 0.6) is 0 Å². The number of hydrogen-bond donors (Lipinski definition) is 2. The Kier molecular flexibility index (Phi) is 7.52. The summed E-state index contributed by atoms with van der Waals surface area (Å²) in [5, 5.41) is 2.85. The lowest BCUT2D eigenvalue weighted by Crippen LogP contribution is -2.48. The molecule has 3 N–H and O–H groups in total. The third-order valence-electron chi connectivity index (χ3n) is 6.19. The standard InChI is InChI=1S/C27H28N4O4/c1-35-27(34)24-7-2-3-14-31(24)26(33)20-6-4-5-18(15-20)23-16-19(8-9-21(23)17-28)25(32)30-22-10-12-29-13-11-22/h4-6,8-13,15-16,24H,2-3,7,14,17,28H2,1H3,(H,29,30,32). The fraction of sp³-hybridized carbons (Fsp3) is 0.259. The summed E-state index contributed by atoms with van der Waals surface area (Å²) in [4.78, 5) is 44.0. The highest BCUT2D eigenvalue weighted by Gasteiger charge is 2.33. The predicted octanol–water partition coefficient (Wildman–Crippen LogP) is 3.63. The number of likely N-dealkylation sites (tertiary alicyclic amines) is 1. The molecule has 1 unspecified atom stereocenters. The maximum atomic E-state index is 13.4. The van der Waals surface area contributed by atoms with Crippen molar-refractivity contribution in [3.63, 3.8) is 0 Å². The molecule has 3 aromatic rings. The molecule has 1 atom stereocenters. The van der Waals surface area contributed by atoms with Gasteiger partial charge in [-0.25, -0.2) is 4.79 Å². The van der Waals surface area contributed by atoms with Gasteiger partial charge in [0.05, 0.1) is 7.11 Å². The molecule has 2 heterocycles. The minimum Gasteiger partial charge on any atom is -0.467 e. The molecule has 0 bridgehead atoms. The third kappa shape index (κ3) is 5.38. The second-order valence-corrected chi connectivity index (χ2v) is 8.38. The zero-order valence-corrected chi connectivity index (χ0v) is 19.6. The first-order valence-electron chi connectivity index (χ1n) is 11.6. The smallest absolute Gasteiger partial charge is 0.328 e. The minimum absolute atomic E-state index is 0.220. The molecule has 8 heteroatoms. The van der Waals surface area contributed by atoms with Crippen LogP contribution in [0, 0.1) is 0 Å². The second kappa shape index (κ2) is 10.9. The Morgan fingerprint density at radius 1 is 1.06 bits per heavy atom. The molecular formula is C27H28N4O4. The van der Waals surface area contributed by atoms with E-state index in [9.17, 15) is 14.4 Å². The number of amides is 2. The van der Waals surface area contributed by atoms with E-state index in [4.69, 9.17) is 10.5 Å². The SMILES string of the molecule is COC(=O)C1CCCCN1C(=O)c1cccc(-c2cc(C(=O)Nc3ccncc3)ccc2CN)c1. The predicted molar refractivity (Wildman–Crippen MR) is 133 cm³/mol. The van der Waals surface area contributed by atoms with Gasteiger partial charge in [0, 0.05) is 42.3 Å². The van der Waals surface area contributed by atoms with Gasteiger partial charge in [0.15, 0.2) is 0 Å². The zero-order valence-electron chi connectivity index (χ0n) is 19.6. The van der Waals surface area contributed by atoms with Gasteiger partial charge in [0.1, 0.15) is 6.04 Å². The van der Waals surface area contributed by atoms with E-state index in [1.807, 2.05) is 12.1 Å². The third-order valence-corrected chi connectivity index (χ3v) is 6.19. The van der Waals surface area contributed by atoms with Gasteiger partial charge in [-0.15, -0.1) is 0 Å². The fourth-order valence-electron chi connectivity index (χ4n) is 4.34. The molecule has 1 saturated heterocycles. The molecule has 8 nitrogen and oxygen atoms in total. The van der Waals surface area contributed by atoms with Crippen molar-refractivity contribution in [1.29, 1.82) is 0 Å². The van der Waals surface area contributed by atoms with Crippen LogP contribution in [-0.4, -0.2) is 47.4 Å². The quantitative estimate of drug-likeness (QED) is 0.530. The van der Waals surface area contributed by atoms with Gasteiger partial charge < -0.3 is 20.7 Å². The summed E-state index contributed by atoms with van der Waals surface area (Å²) in [6.07, 6.45) is 5.51. The molecule has 0 saturated carbocycles. The van der Waals surface area contributed by atoms with Crippen molar-refractivity contribution in [3.8, 4) is 11.1 Å². The Labute approximate surface area is 204 Å². The number of piperidine rings is 1. The number of pyridine rings is 1. The molecular weight excluding hydrogens is 444 g/mol. The maximum Gasteiger partial charge on any atom is 0.328 e. The monoisotopic (exact) mass is 472 g/mol. The number of carbonyl (C=O) groups excluding carboxylic acids is 3. The Bertz CT molecular complexity index is 1230. The summed E-state index contributed by atoms with van der Waals surface area (Å²) in [5.41, 5.74) is 9.94. The molecule has 0 aliphatic carbocycles. The van der Waals surface area contributed by atoms with E-state index in [2.05, 4.69) is 10.3 Å². The Balaban J connectivity index is 1.64. The first-order valence-corrected chi connectivity index (χ1v) is 11.6. The molecule has 180 valence electrons. The number of methoxy groups -OCH3 is 1. The van der Waals surface area contributed by atoms with Crippen LogP contribution in [0.15, 0.2) is 67.0 Å². The largest absolute Gasteiger partial charge is 0.467 e. The molecule has 1 aromatic heterocycles. The van der Waals surface area contributed by atoms with E-state index >= 15 is 0 Å². The molecule has 2 aromatic carbocycles. The van der Waals surface area contributed by atoms with E-state index in [0.717, 1.165) is 29.5 Å². The Morgan fingerprint density at radius 3 is 2.60 bits per heavy atom. The van der Waals surface area contributed by atoms with E-state index in [1.54, 1.807) is 59.8 Å². The number of anilines is 1. The van der Waals surface area contributed by atoms with Gasteiger partial charge in [-0.3, -0.25) is 14.6 Å². The van der Waals surface area contributed by atoms with Gasteiger partial charge in [-0.05, 0) is 72.4 Å². The minimum atomic E-state index is -0.579. The lowest BCUT2D eigenvalue weighted by atomic mass is 9.94. The molecule has 0 spiro atoms. The number of ether oxygens (including phenoxy) is 1. The van der Waals surface area contributed by atoms with Crippen LogP contribution < -0.4 is 11.1 Å².